The number of amides is 1. The van der Waals surface area contributed by atoms with Crippen molar-refractivity contribution in [1.29, 1.82) is 0 Å². The van der Waals surface area contributed by atoms with Gasteiger partial charge in [0.05, 0.1) is 17.7 Å². The molecular weight excluding hydrogens is 354 g/mol. The number of carbonyl (C=O) groups is 1. The Morgan fingerprint density at radius 3 is 3.00 bits per heavy atom. The van der Waals surface area contributed by atoms with Crippen LogP contribution < -0.4 is 10.6 Å². The average molecular weight is 365 g/mol. The minimum atomic E-state index is -0.464. The smallest absolute Gasteiger partial charge is 0.242 e. The van der Waals surface area contributed by atoms with E-state index < -0.39 is 11.9 Å². The molecule has 1 unspecified atom stereocenters. The maximum atomic E-state index is 11.4. The van der Waals surface area contributed by atoms with E-state index in [1.807, 2.05) is 11.0 Å². The molecule has 1 aliphatic rings. The number of pyridine rings is 1. The SMILES string of the molecule is NC(=O)C1COCCN1c1ncc(Br)cc1Br. The van der Waals surface area contributed by atoms with Gasteiger partial charge in [-0.1, -0.05) is 0 Å². The minimum Gasteiger partial charge on any atom is -0.377 e. The molecule has 0 aliphatic carbocycles. The molecule has 1 atom stereocenters. The highest BCUT2D eigenvalue weighted by atomic mass is 79.9. The fourth-order valence-corrected chi connectivity index (χ4v) is 2.93. The molecule has 0 spiro atoms. The van der Waals surface area contributed by atoms with E-state index in [4.69, 9.17) is 10.5 Å². The summed E-state index contributed by atoms with van der Waals surface area (Å²) in [4.78, 5) is 17.5. The number of nitrogens with two attached hydrogens (primary N) is 1. The van der Waals surface area contributed by atoms with Gasteiger partial charge in [-0.2, -0.15) is 0 Å². The maximum absolute atomic E-state index is 11.4. The lowest BCUT2D eigenvalue weighted by molar-refractivity contribution is -0.121. The molecular formula is C10H11Br2N3O2. The Morgan fingerprint density at radius 2 is 2.35 bits per heavy atom. The molecule has 0 bridgehead atoms. The van der Waals surface area contributed by atoms with Crippen molar-refractivity contribution in [3.63, 3.8) is 0 Å². The number of hydrogen-bond acceptors (Lipinski definition) is 4. The summed E-state index contributed by atoms with van der Waals surface area (Å²) >= 11 is 6.77. The van der Waals surface area contributed by atoms with E-state index >= 15 is 0 Å². The van der Waals surface area contributed by atoms with Crippen LogP contribution in [0.5, 0.6) is 0 Å². The van der Waals surface area contributed by atoms with Crippen molar-refractivity contribution in [2.45, 2.75) is 6.04 Å². The molecule has 1 aromatic rings. The standard InChI is InChI=1S/C10H11Br2N3O2/c11-6-3-7(12)10(14-4-6)15-1-2-17-5-8(15)9(13)16/h3-4,8H,1-2,5H2,(H2,13,16). The molecule has 92 valence electrons. The zero-order valence-corrected chi connectivity index (χ0v) is 12.1. The second kappa shape index (κ2) is 5.32. The van der Waals surface area contributed by atoms with Gasteiger partial charge in [-0.25, -0.2) is 4.98 Å². The topological polar surface area (TPSA) is 68.5 Å². The first kappa shape index (κ1) is 12.8. The second-order valence-electron chi connectivity index (χ2n) is 3.65. The Hall–Kier alpha value is -0.660. The number of halogens is 2. The molecule has 7 heteroatoms. The number of aromatic nitrogens is 1. The number of ether oxygens (including phenoxy) is 1. The van der Waals surface area contributed by atoms with E-state index in [2.05, 4.69) is 36.8 Å². The Labute approximate surface area is 116 Å². The van der Waals surface area contributed by atoms with Gasteiger partial charge >= 0.3 is 0 Å². The van der Waals surface area contributed by atoms with E-state index in [1.54, 1.807) is 6.20 Å². The molecule has 0 radical (unpaired) electrons. The van der Waals surface area contributed by atoms with Crippen molar-refractivity contribution in [2.75, 3.05) is 24.7 Å². The van der Waals surface area contributed by atoms with Gasteiger partial charge in [0.2, 0.25) is 5.91 Å². The largest absolute Gasteiger partial charge is 0.377 e. The lowest BCUT2D eigenvalue weighted by Gasteiger charge is -2.34. The first-order valence-corrected chi connectivity index (χ1v) is 6.63. The van der Waals surface area contributed by atoms with Crippen molar-refractivity contribution in [2.24, 2.45) is 5.73 Å². The van der Waals surface area contributed by atoms with Gasteiger partial charge in [0.15, 0.2) is 0 Å². The minimum absolute atomic E-state index is 0.305. The fourth-order valence-electron chi connectivity index (χ4n) is 1.71. The molecule has 1 saturated heterocycles. The van der Waals surface area contributed by atoms with Crippen LogP contribution in [-0.2, 0) is 9.53 Å². The fraction of sp³-hybridized carbons (Fsp3) is 0.400. The molecule has 17 heavy (non-hydrogen) atoms. The monoisotopic (exact) mass is 363 g/mol. The second-order valence-corrected chi connectivity index (χ2v) is 5.42. The normalized spacial score (nSPS) is 20.4. The number of nitrogens with zero attached hydrogens (tertiary/aromatic N) is 2. The van der Waals surface area contributed by atoms with Crippen LogP contribution in [0.15, 0.2) is 21.2 Å². The van der Waals surface area contributed by atoms with Crippen LogP contribution in [0.3, 0.4) is 0 Å². The van der Waals surface area contributed by atoms with Gasteiger partial charge in [-0.05, 0) is 37.9 Å². The summed E-state index contributed by atoms with van der Waals surface area (Å²) in [6.07, 6.45) is 1.69. The van der Waals surface area contributed by atoms with Crippen LogP contribution in [0.25, 0.3) is 0 Å². The number of hydrogen-bond donors (Lipinski definition) is 1. The predicted molar refractivity (Wildman–Crippen MR) is 70.8 cm³/mol. The molecule has 1 aliphatic heterocycles. The van der Waals surface area contributed by atoms with Crippen LogP contribution in [0.4, 0.5) is 5.82 Å². The van der Waals surface area contributed by atoms with Crippen molar-refractivity contribution < 1.29 is 9.53 Å². The number of primary amides is 1. The third-order valence-electron chi connectivity index (χ3n) is 2.52. The summed E-state index contributed by atoms with van der Waals surface area (Å²) in [6.45, 7) is 1.47. The Morgan fingerprint density at radius 1 is 1.59 bits per heavy atom. The van der Waals surface area contributed by atoms with E-state index in [0.29, 0.717) is 25.6 Å². The predicted octanol–water partition coefficient (Wildman–Crippen LogP) is 1.30. The Balaban J connectivity index is 2.32. The van der Waals surface area contributed by atoms with Crippen LogP contribution in [0.1, 0.15) is 0 Å². The first-order valence-electron chi connectivity index (χ1n) is 5.04. The van der Waals surface area contributed by atoms with Crippen LogP contribution in [-0.4, -0.2) is 36.7 Å². The molecule has 2 N–H and O–H groups in total. The summed E-state index contributed by atoms with van der Waals surface area (Å²) in [5, 5.41) is 0. The van der Waals surface area contributed by atoms with Crippen LogP contribution in [0, 0.1) is 0 Å². The van der Waals surface area contributed by atoms with Gasteiger partial charge < -0.3 is 15.4 Å². The van der Waals surface area contributed by atoms with Crippen LogP contribution in [0.2, 0.25) is 0 Å². The molecule has 1 fully saturated rings. The van der Waals surface area contributed by atoms with Crippen molar-refractivity contribution in [3.05, 3.63) is 21.2 Å². The lowest BCUT2D eigenvalue weighted by atomic mass is 10.2. The quantitative estimate of drug-likeness (QED) is 0.858. The molecule has 1 amide bonds. The molecule has 2 rings (SSSR count). The highest BCUT2D eigenvalue weighted by Gasteiger charge is 2.29. The van der Waals surface area contributed by atoms with Gasteiger partial charge in [0.1, 0.15) is 11.9 Å². The van der Waals surface area contributed by atoms with E-state index in [9.17, 15) is 4.79 Å². The summed E-state index contributed by atoms with van der Waals surface area (Å²) in [7, 11) is 0. The van der Waals surface area contributed by atoms with Gasteiger partial charge in [-0.3, -0.25) is 4.79 Å². The van der Waals surface area contributed by atoms with Crippen LogP contribution >= 0.6 is 31.9 Å². The zero-order valence-electron chi connectivity index (χ0n) is 8.90. The third kappa shape index (κ3) is 2.78. The van der Waals surface area contributed by atoms with Gasteiger partial charge in [0, 0.05) is 17.2 Å². The number of rotatable bonds is 2. The third-order valence-corrected chi connectivity index (χ3v) is 3.53. The summed E-state index contributed by atoms with van der Waals surface area (Å²) in [6, 6.07) is 1.42. The highest BCUT2D eigenvalue weighted by Crippen LogP contribution is 2.28. The summed E-state index contributed by atoms with van der Waals surface area (Å²) < 4.78 is 6.96. The average Bonchev–Trinajstić information content (AvgIpc) is 2.29. The lowest BCUT2D eigenvalue weighted by Crippen LogP contribution is -2.53. The molecule has 5 nitrogen and oxygen atoms in total. The van der Waals surface area contributed by atoms with Gasteiger partial charge in [-0.15, -0.1) is 0 Å². The number of carbonyl (C=O) groups excluding carboxylic acids is 1. The van der Waals surface area contributed by atoms with Crippen molar-refractivity contribution in [3.8, 4) is 0 Å². The zero-order chi connectivity index (χ0) is 12.4. The highest BCUT2D eigenvalue weighted by molar-refractivity contribution is 9.11. The number of morpholine rings is 1. The van der Waals surface area contributed by atoms with Gasteiger partial charge in [0.25, 0.3) is 0 Å². The van der Waals surface area contributed by atoms with Crippen molar-refractivity contribution >= 4 is 43.6 Å². The molecule has 0 aromatic carbocycles. The van der Waals surface area contributed by atoms with Crippen molar-refractivity contribution in [1.82, 2.24) is 4.98 Å². The molecule has 2 heterocycles. The molecule has 1 aromatic heterocycles. The summed E-state index contributed by atoms with van der Waals surface area (Å²) in [5.41, 5.74) is 5.36. The van der Waals surface area contributed by atoms with E-state index in [-0.39, 0.29) is 0 Å². The molecule has 0 saturated carbocycles. The number of anilines is 1. The summed E-state index contributed by atoms with van der Waals surface area (Å²) in [5.74, 6) is 0.307. The first-order chi connectivity index (χ1) is 8.09. The maximum Gasteiger partial charge on any atom is 0.242 e. The Bertz CT molecular complexity index is 442. The Kier molecular flexibility index (Phi) is 4.01. The van der Waals surface area contributed by atoms with E-state index in [0.717, 1.165) is 8.95 Å². The van der Waals surface area contributed by atoms with E-state index in [1.165, 1.54) is 0 Å².